The summed E-state index contributed by atoms with van der Waals surface area (Å²) in [5.41, 5.74) is 4.15. The van der Waals surface area contributed by atoms with Crippen molar-refractivity contribution in [1.82, 2.24) is 5.32 Å². The van der Waals surface area contributed by atoms with E-state index in [0.29, 0.717) is 6.04 Å². The highest BCUT2D eigenvalue weighted by atomic mass is 16.5. The minimum Gasteiger partial charge on any atom is -0.488 e. The van der Waals surface area contributed by atoms with Gasteiger partial charge in [-0.3, -0.25) is 0 Å². The fourth-order valence-corrected chi connectivity index (χ4v) is 3.00. The molecule has 0 aliphatic carbocycles. The van der Waals surface area contributed by atoms with Crippen LogP contribution < -0.4 is 10.1 Å². The third kappa shape index (κ3) is 2.85. The van der Waals surface area contributed by atoms with Crippen molar-refractivity contribution in [2.75, 3.05) is 6.54 Å². The van der Waals surface area contributed by atoms with Crippen molar-refractivity contribution in [2.45, 2.75) is 71.9 Å². The largest absolute Gasteiger partial charge is 0.488 e. The Kier molecular flexibility index (Phi) is 4.43. The van der Waals surface area contributed by atoms with Gasteiger partial charge < -0.3 is 10.1 Å². The molecule has 1 aromatic rings. The molecule has 1 aliphatic heterocycles. The van der Waals surface area contributed by atoms with Gasteiger partial charge in [0.1, 0.15) is 11.9 Å². The zero-order valence-electron chi connectivity index (χ0n) is 13.8. The minimum atomic E-state index is 0.119. The first-order valence-corrected chi connectivity index (χ1v) is 7.93. The Hall–Kier alpha value is -1.02. The zero-order chi connectivity index (χ0) is 14.9. The van der Waals surface area contributed by atoms with Crippen molar-refractivity contribution in [1.29, 1.82) is 0 Å². The first-order chi connectivity index (χ1) is 9.38. The number of hydrogen-bond donors (Lipinski definition) is 1. The van der Waals surface area contributed by atoms with Crippen LogP contribution in [0.5, 0.6) is 5.75 Å². The van der Waals surface area contributed by atoms with E-state index in [4.69, 9.17) is 4.74 Å². The number of benzene rings is 1. The SMILES string of the molecule is CCCNC1c2cc(C)cc(C(C)(C)C)c2OC1CC. The summed E-state index contributed by atoms with van der Waals surface area (Å²) in [5, 5.41) is 3.67. The van der Waals surface area contributed by atoms with Crippen molar-refractivity contribution in [3.05, 3.63) is 28.8 Å². The molecule has 2 heteroatoms. The van der Waals surface area contributed by atoms with Gasteiger partial charge in [-0.1, -0.05) is 52.3 Å². The number of aryl methyl sites for hydroxylation is 1. The molecular formula is C18H29NO. The molecule has 0 fully saturated rings. The fourth-order valence-electron chi connectivity index (χ4n) is 3.00. The molecule has 0 radical (unpaired) electrons. The predicted octanol–water partition coefficient (Wildman–Crippen LogP) is 4.50. The van der Waals surface area contributed by atoms with E-state index in [-0.39, 0.29) is 11.5 Å². The van der Waals surface area contributed by atoms with Crippen LogP contribution in [0.15, 0.2) is 12.1 Å². The molecule has 2 unspecified atom stereocenters. The van der Waals surface area contributed by atoms with Crippen molar-refractivity contribution in [3.63, 3.8) is 0 Å². The average Bonchev–Trinajstić information content (AvgIpc) is 2.71. The van der Waals surface area contributed by atoms with Gasteiger partial charge in [-0.25, -0.2) is 0 Å². The minimum absolute atomic E-state index is 0.119. The van der Waals surface area contributed by atoms with E-state index < -0.39 is 0 Å². The highest BCUT2D eigenvalue weighted by Crippen LogP contribution is 2.45. The van der Waals surface area contributed by atoms with Crippen molar-refractivity contribution < 1.29 is 4.74 Å². The lowest BCUT2D eigenvalue weighted by atomic mass is 9.83. The normalized spacial score (nSPS) is 21.7. The Morgan fingerprint density at radius 3 is 2.45 bits per heavy atom. The van der Waals surface area contributed by atoms with E-state index in [2.05, 4.69) is 59.0 Å². The maximum absolute atomic E-state index is 6.32. The second kappa shape index (κ2) is 5.77. The molecule has 2 rings (SSSR count). The van der Waals surface area contributed by atoms with E-state index in [1.165, 1.54) is 16.7 Å². The van der Waals surface area contributed by atoms with Gasteiger partial charge in [-0.2, -0.15) is 0 Å². The number of fused-ring (bicyclic) bond motifs is 1. The Bertz CT molecular complexity index is 473. The first-order valence-electron chi connectivity index (χ1n) is 7.93. The molecular weight excluding hydrogens is 246 g/mol. The van der Waals surface area contributed by atoms with Crippen LogP contribution in [0.2, 0.25) is 0 Å². The second-order valence-electron chi connectivity index (χ2n) is 6.98. The molecule has 2 nitrogen and oxygen atoms in total. The molecule has 112 valence electrons. The van der Waals surface area contributed by atoms with Crippen LogP contribution in [0.25, 0.3) is 0 Å². The summed E-state index contributed by atoms with van der Waals surface area (Å²) in [6, 6.07) is 4.93. The van der Waals surface area contributed by atoms with Crippen molar-refractivity contribution in [2.24, 2.45) is 0 Å². The van der Waals surface area contributed by atoms with Crippen molar-refractivity contribution in [3.8, 4) is 5.75 Å². The Morgan fingerprint density at radius 2 is 1.90 bits per heavy atom. The molecule has 0 spiro atoms. The van der Waals surface area contributed by atoms with Crippen LogP contribution in [0.3, 0.4) is 0 Å². The quantitative estimate of drug-likeness (QED) is 0.873. The summed E-state index contributed by atoms with van der Waals surface area (Å²) in [6.07, 6.45) is 2.46. The predicted molar refractivity (Wildman–Crippen MR) is 85.6 cm³/mol. The lowest BCUT2D eigenvalue weighted by Gasteiger charge is -2.23. The van der Waals surface area contributed by atoms with E-state index in [9.17, 15) is 0 Å². The Morgan fingerprint density at radius 1 is 1.20 bits per heavy atom. The van der Waals surface area contributed by atoms with Crippen LogP contribution in [0.1, 0.15) is 70.2 Å². The molecule has 0 saturated carbocycles. The number of hydrogen-bond acceptors (Lipinski definition) is 2. The monoisotopic (exact) mass is 275 g/mol. The molecule has 0 saturated heterocycles. The summed E-state index contributed by atoms with van der Waals surface area (Å²) in [7, 11) is 0. The van der Waals surface area contributed by atoms with E-state index in [0.717, 1.165) is 25.1 Å². The molecule has 2 atom stereocenters. The Balaban J connectivity index is 2.46. The zero-order valence-corrected chi connectivity index (χ0v) is 13.8. The molecule has 0 bridgehead atoms. The van der Waals surface area contributed by atoms with Gasteiger partial charge in [0.05, 0.1) is 6.04 Å². The van der Waals surface area contributed by atoms with Gasteiger partial charge in [0.25, 0.3) is 0 Å². The second-order valence-corrected chi connectivity index (χ2v) is 6.98. The van der Waals surface area contributed by atoms with Crippen LogP contribution in [0.4, 0.5) is 0 Å². The van der Waals surface area contributed by atoms with Crippen LogP contribution in [0, 0.1) is 6.92 Å². The third-order valence-electron chi connectivity index (χ3n) is 4.06. The third-order valence-corrected chi connectivity index (χ3v) is 4.06. The number of rotatable bonds is 4. The number of ether oxygens (including phenoxy) is 1. The fraction of sp³-hybridized carbons (Fsp3) is 0.667. The molecule has 20 heavy (non-hydrogen) atoms. The smallest absolute Gasteiger partial charge is 0.128 e. The summed E-state index contributed by atoms with van der Waals surface area (Å²) in [4.78, 5) is 0. The summed E-state index contributed by atoms with van der Waals surface area (Å²) in [6.45, 7) is 14.4. The molecule has 0 aromatic heterocycles. The van der Waals surface area contributed by atoms with Gasteiger partial charge in [-0.15, -0.1) is 0 Å². The summed E-state index contributed by atoms with van der Waals surface area (Å²) < 4.78 is 6.32. The van der Waals surface area contributed by atoms with E-state index >= 15 is 0 Å². The van der Waals surface area contributed by atoms with Gasteiger partial charge in [-0.05, 0) is 31.7 Å². The first kappa shape index (κ1) is 15.4. The maximum atomic E-state index is 6.32. The van der Waals surface area contributed by atoms with Gasteiger partial charge >= 0.3 is 0 Å². The topological polar surface area (TPSA) is 21.3 Å². The highest BCUT2D eigenvalue weighted by molar-refractivity contribution is 5.52. The standard InChI is InChI=1S/C18H29NO/c1-7-9-19-16-13-10-12(3)11-14(18(4,5)6)17(13)20-15(16)8-2/h10-11,15-16,19H,7-9H2,1-6H3. The molecule has 1 heterocycles. The molecule has 1 aromatic carbocycles. The molecule has 0 amide bonds. The van der Waals surface area contributed by atoms with E-state index in [1.54, 1.807) is 0 Å². The van der Waals surface area contributed by atoms with E-state index in [1.807, 2.05) is 0 Å². The Labute approximate surface area is 123 Å². The maximum Gasteiger partial charge on any atom is 0.128 e. The lowest BCUT2D eigenvalue weighted by molar-refractivity contribution is 0.182. The van der Waals surface area contributed by atoms with Crippen LogP contribution in [-0.2, 0) is 5.41 Å². The van der Waals surface area contributed by atoms with Crippen molar-refractivity contribution >= 4 is 0 Å². The van der Waals surface area contributed by atoms with Gasteiger partial charge in [0.15, 0.2) is 0 Å². The molecule has 1 aliphatic rings. The summed E-state index contributed by atoms with van der Waals surface area (Å²) in [5.74, 6) is 1.13. The highest BCUT2D eigenvalue weighted by Gasteiger charge is 2.36. The lowest BCUT2D eigenvalue weighted by Crippen LogP contribution is -2.31. The molecule has 1 N–H and O–H groups in total. The number of nitrogens with one attached hydrogen (secondary N) is 1. The van der Waals surface area contributed by atoms with Crippen LogP contribution >= 0.6 is 0 Å². The van der Waals surface area contributed by atoms with Crippen LogP contribution in [-0.4, -0.2) is 12.6 Å². The van der Waals surface area contributed by atoms with Gasteiger partial charge in [0, 0.05) is 11.1 Å². The summed E-state index contributed by atoms with van der Waals surface area (Å²) >= 11 is 0. The van der Waals surface area contributed by atoms with Gasteiger partial charge in [0.2, 0.25) is 0 Å². The average molecular weight is 275 g/mol.